The summed E-state index contributed by atoms with van der Waals surface area (Å²) in [6, 6.07) is 9.63. The van der Waals surface area contributed by atoms with Crippen LogP contribution in [0.15, 0.2) is 45.5 Å². The van der Waals surface area contributed by atoms with E-state index in [1.165, 1.54) is 0 Å². The van der Waals surface area contributed by atoms with Crippen LogP contribution in [-0.4, -0.2) is 18.5 Å². The van der Waals surface area contributed by atoms with Crippen molar-refractivity contribution in [1.82, 2.24) is 0 Å². The van der Waals surface area contributed by atoms with Gasteiger partial charge < -0.3 is 9.47 Å². The van der Waals surface area contributed by atoms with Gasteiger partial charge in [-0.2, -0.15) is 0 Å². The molecule has 0 atom stereocenters. The molecule has 0 N–H and O–H groups in total. The first-order chi connectivity index (χ1) is 12.4. The Morgan fingerprint density at radius 1 is 1.15 bits per heavy atom. The molecule has 1 heterocycles. The largest absolute Gasteiger partial charge is 0.492 e. The SMILES string of the molecule is CCOc1c(I)cc(/C=C2\N=C(c3ccc(I)c(Br)c3)OC2=O)cc1I. The molecule has 0 aliphatic carbocycles. The molecule has 0 spiro atoms. The summed E-state index contributed by atoms with van der Waals surface area (Å²) >= 11 is 10.2. The normalized spacial score (nSPS) is 15.2. The highest BCUT2D eigenvalue weighted by atomic mass is 127. The van der Waals surface area contributed by atoms with E-state index in [4.69, 9.17) is 9.47 Å². The van der Waals surface area contributed by atoms with E-state index >= 15 is 0 Å². The molecule has 2 aromatic carbocycles. The Morgan fingerprint density at radius 2 is 1.85 bits per heavy atom. The lowest BCUT2D eigenvalue weighted by Gasteiger charge is -2.09. The number of hydrogen-bond donors (Lipinski definition) is 0. The Kier molecular flexibility index (Phi) is 6.99. The molecule has 4 nitrogen and oxygen atoms in total. The highest BCUT2D eigenvalue weighted by Crippen LogP contribution is 2.31. The molecule has 26 heavy (non-hydrogen) atoms. The Balaban J connectivity index is 1.95. The first kappa shape index (κ1) is 20.5. The predicted molar refractivity (Wildman–Crippen MR) is 131 cm³/mol. The van der Waals surface area contributed by atoms with Gasteiger partial charge in [-0.15, -0.1) is 0 Å². The fourth-order valence-corrected chi connectivity index (χ4v) is 5.11. The second kappa shape index (κ2) is 8.86. The van der Waals surface area contributed by atoms with Crippen molar-refractivity contribution in [1.29, 1.82) is 0 Å². The van der Waals surface area contributed by atoms with Crippen LogP contribution in [0.3, 0.4) is 0 Å². The Morgan fingerprint density at radius 3 is 2.46 bits per heavy atom. The third kappa shape index (κ3) is 4.61. The number of aliphatic imine (C=N–C) groups is 1. The van der Waals surface area contributed by atoms with Gasteiger partial charge in [0.1, 0.15) is 5.75 Å². The van der Waals surface area contributed by atoms with Gasteiger partial charge in [-0.05, 0) is 133 Å². The van der Waals surface area contributed by atoms with Gasteiger partial charge in [0.15, 0.2) is 5.70 Å². The maximum atomic E-state index is 12.2. The van der Waals surface area contributed by atoms with Crippen LogP contribution in [-0.2, 0) is 9.53 Å². The molecule has 0 bridgehead atoms. The van der Waals surface area contributed by atoms with E-state index in [1.807, 2.05) is 37.3 Å². The van der Waals surface area contributed by atoms with Gasteiger partial charge in [0.2, 0.25) is 5.90 Å². The van der Waals surface area contributed by atoms with Gasteiger partial charge in [0, 0.05) is 13.6 Å². The van der Waals surface area contributed by atoms with Crippen molar-refractivity contribution in [3.05, 3.63) is 62.3 Å². The third-order valence-corrected chi connectivity index (χ3v) is 7.34. The van der Waals surface area contributed by atoms with E-state index in [1.54, 1.807) is 6.08 Å². The Bertz CT molecular complexity index is 934. The summed E-state index contributed by atoms with van der Waals surface area (Å²) in [5.74, 6) is 0.722. The molecule has 0 aromatic heterocycles. The number of cyclic esters (lactones) is 1. The average Bonchev–Trinajstić information content (AvgIpc) is 2.94. The average molecular weight is 750 g/mol. The molecule has 0 fully saturated rings. The maximum absolute atomic E-state index is 12.2. The smallest absolute Gasteiger partial charge is 0.363 e. The van der Waals surface area contributed by atoms with Crippen LogP contribution in [0.1, 0.15) is 18.1 Å². The molecule has 0 amide bonds. The predicted octanol–water partition coefficient (Wildman–Crippen LogP) is 6.01. The zero-order chi connectivity index (χ0) is 18.8. The minimum absolute atomic E-state index is 0.283. The van der Waals surface area contributed by atoms with Gasteiger partial charge in [0.25, 0.3) is 0 Å². The van der Waals surface area contributed by atoms with Crippen LogP contribution < -0.4 is 4.74 Å². The molecule has 1 aliphatic heterocycles. The molecular weight excluding hydrogens is 739 g/mol. The van der Waals surface area contributed by atoms with Crippen LogP contribution in [0.4, 0.5) is 0 Å². The summed E-state index contributed by atoms with van der Waals surface area (Å²) in [5.41, 5.74) is 1.92. The first-order valence-corrected chi connectivity index (χ1v) is 11.5. The fourth-order valence-electron chi connectivity index (χ4n) is 2.26. The number of esters is 1. The number of hydrogen-bond acceptors (Lipinski definition) is 4. The number of ether oxygens (including phenoxy) is 2. The zero-order valence-corrected chi connectivity index (χ0v) is 21.4. The molecule has 0 saturated heterocycles. The zero-order valence-electron chi connectivity index (χ0n) is 13.4. The molecule has 1 aliphatic rings. The second-order valence-electron chi connectivity index (χ2n) is 5.21. The number of rotatable bonds is 4. The Labute approximate surface area is 200 Å². The fraction of sp³-hybridized carbons (Fsp3) is 0.111. The molecule has 8 heteroatoms. The van der Waals surface area contributed by atoms with E-state index in [0.29, 0.717) is 12.5 Å². The number of carbonyl (C=O) groups excluding carboxylic acids is 1. The van der Waals surface area contributed by atoms with E-state index < -0.39 is 5.97 Å². The minimum Gasteiger partial charge on any atom is -0.492 e. The summed E-state index contributed by atoms with van der Waals surface area (Å²) in [6.45, 7) is 2.56. The standard InChI is InChI=1S/C18H11BrI3NO3/c1-2-25-16-13(21)5-9(6-14(16)22)7-15-18(24)26-17(23-15)10-3-4-12(20)11(19)8-10/h3-8H,2H2,1H3/b15-7-. The summed E-state index contributed by atoms with van der Waals surface area (Å²) in [7, 11) is 0. The van der Waals surface area contributed by atoms with Gasteiger partial charge in [-0.3, -0.25) is 0 Å². The molecule has 3 rings (SSSR count). The van der Waals surface area contributed by atoms with Crippen molar-refractivity contribution in [2.45, 2.75) is 6.92 Å². The van der Waals surface area contributed by atoms with Crippen molar-refractivity contribution >= 4 is 102 Å². The summed E-state index contributed by atoms with van der Waals surface area (Å²) in [5, 5.41) is 0. The quantitative estimate of drug-likeness (QED) is 0.219. The summed E-state index contributed by atoms with van der Waals surface area (Å²) in [4.78, 5) is 16.6. The van der Waals surface area contributed by atoms with Crippen molar-refractivity contribution in [3.63, 3.8) is 0 Å². The van der Waals surface area contributed by atoms with Crippen molar-refractivity contribution in [2.24, 2.45) is 4.99 Å². The van der Waals surface area contributed by atoms with Crippen LogP contribution in [0.2, 0.25) is 0 Å². The lowest BCUT2D eigenvalue weighted by Crippen LogP contribution is -2.05. The summed E-state index contributed by atoms with van der Waals surface area (Å²) < 4.78 is 15.0. The van der Waals surface area contributed by atoms with E-state index in [2.05, 4.69) is 88.7 Å². The molecule has 0 saturated carbocycles. The number of benzene rings is 2. The molecule has 2 aromatic rings. The molecule has 134 valence electrons. The molecule has 0 unspecified atom stereocenters. The topological polar surface area (TPSA) is 47.9 Å². The van der Waals surface area contributed by atoms with Crippen LogP contribution in [0, 0.1) is 10.7 Å². The van der Waals surface area contributed by atoms with Crippen molar-refractivity contribution in [3.8, 4) is 5.75 Å². The van der Waals surface area contributed by atoms with Crippen molar-refractivity contribution in [2.75, 3.05) is 6.61 Å². The third-order valence-electron chi connectivity index (χ3n) is 3.40. The van der Waals surface area contributed by atoms with Crippen LogP contribution in [0.5, 0.6) is 5.75 Å². The highest BCUT2D eigenvalue weighted by Gasteiger charge is 2.24. The highest BCUT2D eigenvalue weighted by molar-refractivity contribution is 14.1. The lowest BCUT2D eigenvalue weighted by atomic mass is 10.2. The van der Waals surface area contributed by atoms with Crippen molar-refractivity contribution < 1.29 is 14.3 Å². The van der Waals surface area contributed by atoms with Gasteiger partial charge in [-0.25, -0.2) is 9.79 Å². The van der Waals surface area contributed by atoms with Crippen LogP contribution in [0.25, 0.3) is 6.08 Å². The minimum atomic E-state index is -0.450. The lowest BCUT2D eigenvalue weighted by molar-refractivity contribution is -0.129. The number of nitrogens with zero attached hydrogens (tertiary/aromatic N) is 1. The first-order valence-electron chi connectivity index (χ1n) is 7.49. The number of halogens is 4. The molecular formula is C18H11BrI3NO3. The number of carbonyl (C=O) groups is 1. The monoisotopic (exact) mass is 749 g/mol. The maximum Gasteiger partial charge on any atom is 0.363 e. The van der Waals surface area contributed by atoms with Gasteiger partial charge in [0.05, 0.1) is 13.7 Å². The van der Waals surface area contributed by atoms with E-state index in [-0.39, 0.29) is 5.70 Å². The van der Waals surface area contributed by atoms with Gasteiger partial charge in [-0.1, -0.05) is 0 Å². The summed E-state index contributed by atoms with van der Waals surface area (Å²) in [6.07, 6.45) is 1.73. The van der Waals surface area contributed by atoms with E-state index in [0.717, 1.165) is 32.1 Å². The second-order valence-corrected chi connectivity index (χ2v) is 9.55. The van der Waals surface area contributed by atoms with Gasteiger partial charge >= 0.3 is 5.97 Å². The molecule has 0 radical (unpaired) electrons. The van der Waals surface area contributed by atoms with Crippen LogP contribution >= 0.6 is 83.7 Å². The Hall–Kier alpha value is -0.210. The van der Waals surface area contributed by atoms with E-state index in [9.17, 15) is 4.79 Å².